The standard InChI is InChI=1S/C12H21NO5/c1-4-7-13(9-12(16)18-6-3)10(14)8-11(15)17-5-2/h4-9H2,1-3H3. The SMILES string of the molecule is CCCN(CC(=O)OCC)C(=O)CC(=O)OCC. The summed E-state index contributed by atoms with van der Waals surface area (Å²) in [5.74, 6) is -1.46. The van der Waals surface area contributed by atoms with E-state index >= 15 is 0 Å². The summed E-state index contributed by atoms with van der Waals surface area (Å²) < 4.78 is 9.46. The molecule has 0 aliphatic rings. The summed E-state index contributed by atoms with van der Waals surface area (Å²) in [5.41, 5.74) is 0. The van der Waals surface area contributed by atoms with Crippen LogP contribution in [0.15, 0.2) is 0 Å². The first-order chi connectivity index (χ1) is 8.54. The lowest BCUT2D eigenvalue weighted by atomic mass is 10.3. The lowest BCUT2D eigenvalue weighted by Gasteiger charge is -2.20. The van der Waals surface area contributed by atoms with Gasteiger partial charge in [-0.2, -0.15) is 0 Å². The van der Waals surface area contributed by atoms with Crippen LogP contribution in [-0.2, 0) is 23.9 Å². The van der Waals surface area contributed by atoms with Crippen LogP contribution in [0.5, 0.6) is 0 Å². The summed E-state index contributed by atoms with van der Waals surface area (Å²) in [4.78, 5) is 35.6. The van der Waals surface area contributed by atoms with Crippen LogP contribution in [0.4, 0.5) is 0 Å². The minimum absolute atomic E-state index is 0.125. The molecule has 0 saturated heterocycles. The number of ether oxygens (including phenoxy) is 2. The molecule has 0 saturated carbocycles. The van der Waals surface area contributed by atoms with E-state index in [0.717, 1.165) is 0 Å². The Labute approximate surface area is 107 Å². The first-order valence-corrected chi connectivity index (χ1v) is 6.14. The number of amides is 1. The smallest absolute Gasteiger partial charge is 0.325 e. The van der Waals surface area contributed by atoms with E-state index < -0.39 is 17.8 Å². The Kier molecular flexibility index (Phi) is 8.61. The number of esters is 2. The third kappa shape index (κ3) is 6.88. The number of nitrogens with zero attached hydrogens (tertiary/aromatic N) is 1. The van der Waals surface area contributed by atoms with Crippen molar-refractivity contribution >= 4 is 17.8 Å². The van der Waals surface area contributed by atoms with Gasteiger partial charge < -0.3 is 14.4 Å². The Morgan fingerprint density at radius 1 is 0.944 bits per heavy atom. The fraction of sp³-hybridized carbons (Fsp3) is 0.750. The molecule has 0 aromatic rings. The molecule has 0 spiro atoms. The second-order valence-electron chi connectivity index (χ2n) is 3.60. The lowest BCUT2D eigenvalue weighted by molar-refractivity contribution is -0.153. The molecule has 0 bridgehead atoms. The van der Waals surface area contributed by atoms with E-state index in [4.69, 9.17) is 9.47 Å². The maximum absolute atomic E-state index is 11.8. The highest BCUT2D eigenvalue weighted by atomic mass is 16.5. The van der Waals surface area contributed by atoms with Gasteiger partial charge in [0.05, 0.1) is 13.2 Å². The second kappa shape index (κ2) is 9.44. The molecule has 0 fully saturated rings. The van der Waals surface area contributed by atoms with Crippen molar-refractivity contribution in [3.8, 4) is 0 Å². The molecule has 1 amide bonds. The van der Waals surface area contributed by atoms with E-state index in [9.17, 15) is 14.4 Å². The fourth-order valence-electron chi connectivity index (χ4n) is 1.37. The van der Waals surface area contributed by atoms with Crippen molar-refractivity contribution in [3.05, 3.63) is 0 Å². The van der Waals surface area contributed by atoms with Crippen molar-refractivity contribution in [2.24, 2.45) is 0 Å². The average Bonchev–Trinajstić information content (AvgIpc) is 2.29. The highest BCUT2D eigenvalue weighted by Crippen LogP contribution is 1.99. The van der Waals surface area contributed by atoms with Crippen LogP contribution in [0.2, 0.25) is 0 Å². The summed E-state index contributed by atoms with van der Waals surface area (Å²) in [7, 11) is 0. The van der Waals surface area contributed by atoms with Crippen LogP contribution in [0.25, 0.3) is 0 Å². The topological polar surface area (TPSA) is 72.9 Å². The number of carbonyl (C=O) groups is 3. The summed E-state index contributed by atoms with van der Waals surface area (Å²) >= 11 is 0. The Bertz CT molecular complexity index is 290. The number of carbonyl (C=O) groups excluding carboxylic acids is 3. The molecular weight excluding hydrogens is 238 g/mol. The molecule has 0 aliphatic heterocycles. The van der Waals surface area contributed by atoms with Crippen molar-refractivity contribution in [1.82, 2.24) is 4.90 Å². The Balaban J connectivity index is 4.34. The molecule has 0 aliphatic carbocycles. The van der Waals surface area contributed by atoms with Crippen molar-refractivity contribution < 1.29 is 23.9 Å². The van der Waals surface area contributed by atoms with E-state index in [1.54, 1.807) is 13.8 Å². The van der Waals surface area contributed by atoms with Crippen LogP contribution in [-0.4, -0.2) is 49.0 Å². The summed E-state index contributed by atoms with van der Waals surface area (Å²) in [6.07, 6.45) is 0.362. The zero-order chi connectivity index (χ0) is 14.0. The van der Waals surface area contributed by atoms with Gasteiger partial charge in [-0.15, -0.1) is 0 Å². The normalized spacial score (nSPS) is 9.72. The molecule has 0 rings (SSSR count). The monoisotopic (exact) mass is 259 g/mol. The lowest BCUT2D eigenvalue weighted by Crippen LogP contribution is -2.38. The molecule has 18 heavy (non-hydrogen) atoms. The van der Waals surface area contributed by atoms with Gasteiger partial charge in [0.1, 0.15) is 13.0 Å². The zero-order valence-electron chi connectivity index (χ0n) is 11.2. The number of rotatable bonds is 8. The van der Waals surface area contributed by atoms with E-state index in [1.165, 1.54) is 4.90 Å². The molecule has 0 unspecified atom stereocenters. The minimum atomic E-state index is -0.576. The highest BCUT2D eigenvalue weighted by Gasteiger charge is 2.20. The largest absolute Gasteiger partial charge is 0.466 e. The molecule has 0 radical (unpaired) electrons. The minimum Gasteiger partial charge on any atom is -0.466 e. The third-order valence-electron chi connectivity index (χ3n) is 2.07. The maximum atomic E-state index is 11.8. The van der Waals surface area contributed by atoms with E-state index in [-0.39, 0.29) is 26.2 Å². The van der Waals surface area contributed by atoms with Crippen molar-refractivity contribution in [2.75, 3.05) is 26.3 Å². The van der Waals surface area contributed by atoms with Crippen molar-refractivity contribution in [1.29, 1.82) is 0 Å². The quantitative estimate of drug-likeness (QED) is 0.475. The van der Waals surface area contributed by atoms with Gasteiger partial charge >= 0.3 is 11.9 Å². The van der Waals surface area contributed by atoms with Gasteiger partial charge in [0, 0.05) is 6.54 Å². The molecule has 6 nitrogen and oxygen atoms in total. The molecule has 104 valence electrons. The molecule has 0 N–H and O–H groups in total. The van der Waals surface area contributed by atoms with Crippen LogP contribution < -0.4 is 0 Å². The van der Waals surface area contributed by atoms with Gasteiger partial charge in [0.15, 0.2) is 0 Å². The second-order valence-corrected chi connectivity index (χ2v) is 3.60. The molecular formula is C12H21NO5. The molecule has 6 heteroatoms. The fourth-order valence-corrected chi connectivity index (χ4v) is 1.37. The maximum Gasteiger partial charge on any atom is 0.325 e. The summed E-state index contributed by atoms with van der Waals surface area (Å²) in [5, 5.41) is 0. The average molecular weight is 259 g/mol. The zero-order valence-corrected chi connectivity index (χ0v) is 11.2. The Morgan fingerprint density at radius 2 is 1.50 bits per heavy atom. The van der Waals surface area contributed by atoms with E-state index in [0.29, 0.717) is 13.0 Å². The molecule has 0 heterocycles. The van der Waals surface area contributed by atoms with Crippen LogP contribution >= 0.6 is 0 Å². The van der Waals surface area contributed by atoms with Gasteiger partial charge in [-0.05, 0) is 20.3 Å². The predicted octanol–water partition coefficient (Wildman–Crippen LogP) is 0.741. The third-order valence-corrected chi connectivity index (χ3v) is 2.07. The van der Waals surface area contributed by atoms with Crippen LogP contribution in [0, 0.1) is 0 Å². The van der Waals surface area contributed by atoms with Crippen molar-refractivity contribution in [2.45, 2.75) is 33.6 Å². The van der Waals surface area contributed by atoms with Gasteiger partial charge in [-0.25, -0.2) is 0 Å². The van der Waals surface area contributed by atoms with Gasteiger partial charge in [0.2, 0.25) is 5.91 Å². The Morgan fingerprint density at radius 3 is 2.00 bits per heavy atom. The first-order valence-electron chi connectivity index (χ1n) is 6.14. The van der Waals surface area contributed by atoms with E-state index in [2.05, 4.69) is 0 Å². The van der Waals surface area contributed by atoms with Crippen molar-refractivity contribution in [3.63, 3.8) is 0 Å². The van der Waals surface area contributed by atoms with E-state index in [1.807, 2.05) is 6.92 Å². The highest BCUT2D eigenvalue weighted by molar-refractivity contribution is 5.95. The molecule has 0 aromatic heterocycles. The number of hydrogen-bond acceptors (Lipinski definition) is 5. The van der Waals surface area contributed by atoms with Gasteiger partial charge in [-0.1, -0.05) is 6.92 Å². The Hall–Kier alpha value is -1.59. The first kappa shape index (κ1) is 16.4. The van der Waals surface area contributed by atoms with Crippen LogP contribution in [0.1, 0.15) is 33.6 Å². The molecule has 0 aromatic carbocycles. The van der Waals surface area contributed by atoms with Crippen LogP contribution in [0.3, 0.4) is 0 Å². The van der Waals surface area contributed by atoms with Gasteiger partial charge in [-0.3, -0.25) is 14.4 Å². The predicted molar refractivity (Wildman–Crippen MR) is 64.8 cm³/mol. The summed E-state index contributed by atoms with van der Waals surface area (Å²) in [6, 6.07) is 0. The molecule has 0 atom stereocenters. The number of hydrogen-bond donors (Lipinski definition) is 0. The summed E-state index contributed by atoms with van der Waals surface area (Å²) in [6.45, 7) is 6.04. The van der Waals surface area contributed by atoms with Gasteiger partial charge in [0.25, 0.3) is 0 Å².